The van der Waals surface area contributed by atoms with E-state index in [-0.39, 0.29) is 11.5 Å². The third-order valence-corrected chi connectivity index (χ3v) is 6.72. The number of nitrogens with zero attached hydrogens (tertiary/aromatic N) is 4. The molecule has 1 spiro atoms. The summed E-state index contributed by atoms with van der Waals surface area (Å²) in [6, 6.07) is 17.9. The van der Waals surface area contributed by atoms with E-state index >= 15 is 0 Å². The van der Waals surface area contributed by atoms with Gasteiger partial charge in [-0.3, -0.25) is 4.90 Å². The second-order valence-corrected chi connectivity index (χ2v) is 9.42. The number of imidazole rings is 1. The van der Waals surface area contributed by atoms with Crippen molar-refractivity contribution in [2.45, 2.75) is 51.3 Å². The average molecular weight is 415 g/mol. The van der Waals surface area contributed by atoms with Gasteiger partial charge in [0.2, 0.25) is 0 Å². The van der Waals surface area contributed by atoms with Crippen molar-refractivity contribution in [1.29, 1.82) is 5.26 Å². The number of hydrogen-bond acceptors (Lipinski definition) is 4. The molecule has 1 amide bonds. The first-order chi connectivity index (χ1) is 15.0. The summed E-state index contributed by atoms with van der Waals surface area (Å²) in [6.07, 6.45) is 5.49. The first kappa shape index (κ1) is 19.6. The number of fused-ring (bicyclic) bond motifs is 1. The van der Waals surface area contributed by atoms with Crippen molar-refractivity contribution in [3.05, 3.63) is 66.0 Å². The van der Waals surface area contributed by atoms with Gasteiger partial charge in [0, 0.05) is 13.1 Å². The van der Waals surface area contributed by atoms with Gasteiger partial charge < -0.3 is 9.30 Å². The van der Waals surface area contributed by atoms with E-state index in [1.807, 2.05) is 53.7 Å². The molecule has 6 heteroatoms. The van der Waals surface area contributed by atoms with Crippen LogP contribution in [0.5, 0.6) is 0 Å². The second kappa shape index (κ2) is 7.42. The van der Waals surface area contributed by atoms with Gasteiger partial charge in [0.1, 0.15) is 5.60 Å². The highest BCUT2D eigenvalue weighted by Crippen LogP contribution is 2.47. The number of carbonyl (C=O) groups excluding carboxylic acids is 1. The van der Waals surface area contributed by atoms with Gasteiger partial charge in [0.05, 0.1) is 35.5 Å². The zero-order chi connectivity index (χ0) is 21.5. The molecule has 1 aliphatic heterocycles. The lowest BCUT2D eigenvalue weighted by atomic mass is 9.68. The van der Waals surface area contributed by atoms with Gasteiger partial charge >= 0.3 is 6.09 Å². The predicted molar refractivity (Wildman–Crippen MR) is 117 cm³/mol. The second-order valence-electron chi connectivity index (χ2n) is 9.42. The first-order valence-corrected chi connectivity index (χ1v) is 10.8. The van der Waals surface area contributed by atoms with E-state index in [4.69, 9.17) is 4.74 Å². The zero-order valence-electron chi connectivity index (χ0n) is 17.8. The molecular weight excluding hydrogens is 388 g/mol. The van der Waals surface area contributed by atoms with E-state index in [0.717, 1.165) is 48.8 Å². The SMILES string of the molecule is C[C@]1(Cn2cnc3ccc(C#N)cc32)CCC[C@@]2(CN(Cc3ccccc3)C(=O)O2)C1. The lowest BCUT2D eigenvalue weighted by molar-refractivity contribution is -0.0270. The van der Waals surface area contributed by atoms with E-state index in [9.17, 15) is 10.1 Å². The molecule has 2 aromatic carbocycles. The van der Waals surface area contributed by atoms with Crippen LogP contribution in [-0.2, 0) is 17.8 Å². The lowest BCUT2D eigenvalue weighted by Crippen LogP contribution is -2.44. The Kier molecular flexibility index (Phi) is 4.70. The summed E-state index contributed by atoms with van der Waals surface area (Å²) in [6.45, 7) is 4.29. The molecule has 2 fully saturated rings. The van der Waals surface area contributed by atoms with Crippen molar-refractivity contribution < 1.29 is 9.53 Å². The largest absolute Gasteiger partial charge is 0.441 e. The first-order valence-electron chi connectivity index (χ1n) is 10.8. The topological polar surface area (TPSA) is 71.2 Å². The third-order valence-electron chi connectivity index (χ3n) is 6.72. The molecule has 6 nitrogen and oxygen atoms in total. The quantitative estimate of drug-likeness (QED) is 0.610. The highest BCUT2D eigenvalue weighted by Gasteiger charge is 2.51. The van der Waals surface area contributed by atoms with Crippen molar-refractivity contribution in [2.75, 3.05) is 6.54 Å². The third kappa shape index (κ3) is 3.76. The molecule has 158 valence electrons. The van der Waals surface area contributed by atoms with Crippen LogP contribution in [0.4, 0.5) is 4.79 Å². The number of benzene rings is 2. The minimum absolute atomic E-state index is 0.0163. The van der Waals surface area contributed by atoms with E-state index in [2.05, 4.69) is 22.5 Å². The van der Waals surface area contributed by atoms with Crippen LogP contribution < -0.4 is 0 Å². The van der Waals surface area contributed by atoms with Crippen LogP contribution in [0.1, 0.15) is 43.7 Å². The van der Waals surface area contributed by atoms with E-state index in [0.29, 0.717) is 18.7 Å². The summed E-state index contributed by atoms with van der Waals surface area (Å²) < 4.78 is 8.18. The number of rotatable bonds is 4. The molecule has 5 rings (SSSR count). The molecule has 1 saturated carbocycles. The molecule has 31 heavy (non-hydrogen) atoms. The molecular formula is C25H26N4O2. The van der Waals surface area contributed by atoms with Gasteiger partial charge in [0.25, 0.3) is 0 Å². The Labute approximate surface area is 182 Å². The Hall–Kier alpha value is -3.33. The highest BCUT2D eigenvalue weighted by atomic mass is 16.6. The van der Waals surface area contributed by atoms with Crippen LogP contribution in [0.15, 0.2) is 54.9 Å². The Balaban J connectivity index is 1.35. The summed E-state index contributed by atoms with van der Waals surface area (Å²) in [5.74, 6) is 0. The van der Waals surface area contributed by atoms with Crippen LogP contribution in [-0.4, -0.2) is 32.7 Å². The maximum Gasteiger partial charge on any atom is 0.410 e. The van der Waals surface area contributed by atoms with Crippen molar-refractivity contribution in [1.82, 2.24) is 14.5 Å². The van der Waals surface area contributed by atoms with E-state index in [1.54, 1.807) is 6.07 Å². The van der Waals surface area contributed by atoms with Gasteiger partial charge in [-0.15, -0.1) is 0 Å². The number of amides is 1. The minimum Gasteiger partial charge on any atom is -0.441 e. The van der Waals surface area contributed by atoms with Crippen molar-refractivity contribution >= 4 is 17.1 Å². The summed E-state index contributed by atoms with van der Waals surface area (Å²) in [5, 5.41) is 9.26. The van der Waals surface area contributed by atoms with Gasteiger partial charge in [0.15, 0.2) is 0 Å². The van der Waals surface area contributed by atoms with Gasteiger partial charge in [-0.1, -0.05) is 37.3 Å². The molecule has 0 unspecified atom stereocenters. The van der Waals surface area contributed by atoms with Crippen LogP contribution in [0.2, 0.25) is 0 Å². The summed E-state index contributed by atoms with van der Waals surface area (Å²) >= 11 is 0. The van der Waals surface area contributed by atoms with Crippen LogP contribution in [0.3, 0.4) is 0 Å². The molecule has 0 radical (unpaired) electrons. The number of carbonyl (C=O) groups is 1. The van der Waals surface area contributed by atoms with Crippen molar-refractivity contribution in [3.63, 3.8) is 0 Å². The highest BCUT2D eigenvalue weighted by molar-refractivity contribution is 5.77. The van der Waals surface area contributed by atoms with E-state index in [1.165, 1.54) is 0 Å². The maximum atomic E-state index is 12.7. The molecule has 1 saturated heterocycles. The smallest absolute Gasteiger partial charge is 0.410 e. The van der Waals surface area contributed by atoms with Crippen LogP contribution >= 0.6 is 0 Å². The molecule has 1 aromatic heterocycles. The standard InChI is InChI=1S/C25H26N4O2/c1-24(16-29-18-27-21-9-8-20(13-26)12-22(21)29)10-5-11-25(15-24)17-28(23(30)31-25)14-19-6-3-2-4-7-19/h2-4,6-9,12,18H,5,10-11,14-17H2,1H3/t24-,25-/m0/s1. The molecule has 3 aromatic rings. The Bertz CT molecular complexity index is 1170. The fourth-order valence-electron chi connectivity index (χ4n) is 5.43. The Morgan fingerprint density at radius 2 is 2.03 bits per heavy atom. The zero-order valence-corrected chi connectivity index (χ0v) is 17.8. The fraction of sp³-hybridized carbons (Fsp3) is 0.400. The lowest BCUT2D eigenvalue weighted by Gasteiger charge is -2.43. The maximum absolute atomic E-state index is 12.7. The Morgan fingerprint density at radius 1 is 1.19 bits per heavy atom. The number of hydrogen-bond donors (Lipinski definition) is 0. The number of aromatic nitrogens is 2. The van der Waals surface area contributed by atoms with Gasteiger partial charge in [-0.2, -0.15) is 5.26 Å². The molecule has 2 heterocycles. The molecule has 1 aliphatic carbocycles. The summed E-state index contributed by atoms with van der Waals surface area (Å²) in [4.78, 5) is 19.0. The van der Waals surface area contributed by atoms with Gasteiger partial charge in [-0.05, 0) is 54.9 Å². The summed E-state index contributed by atoms with van der Waals surface area (Å²) in [7, 11) is 0. The Morgan fingerprint density at radius 3 is 2.84 bits per heavy atom. The molecule has 0 N–H and O–H groups in total. The molecule has 2 aliphatic rings. The average Bonchev–Trinajstić information content (AvgIpc) is 3.28. The van der Waals surface area contributed by atoms with E-state index < -0.39 is 5.60 Å². The van der Waals surface area contributed by atoms with Crippen molar-refractivity contribution in [2.24, 2.45) is 5.41 Å². The van der Waals surface area contributed by atoms with Gasteiger partial charge in [-0.25, -0.2) is 9.78 Å². The predicted octanol–water partition coefficient (Wildman–Crippen LogP) is 4.88. The number of nitriles is 1. The molecule has 2 atom stereocenters. The number of ether oxygens (including phenoxy) is 1. The summed E-state index contributed by atoms with van der Waals surface area (Å²) in [5.41, 5.74) is 3.20. The van der Waals surface area contributed by atoms with Crippen LogP contribution in [0, 0.1) is 16.7 Å². The minimum atomic E-state index is -0.424. The fourth-order valence-corrected chi connectivity index (χ4v) is 5.43. The molecule has 0 bridgehead atoms. The van der Waals surface area contributed by atoms with Crippen LogP contribution in [0.25, 0.3) is 11.0 Å². The van der Waals surface area contributed by atoms with Crippen molar-refractivity contribution in [3.8, 4) is 6.07 Å². The normalized spacial score (nSPS) is 25.7. The monoisotopic (exact) mass is 414 g/mol.